The Kier molecular flexibility index (Phi) is 14.4. The third-order valence-corrected chi connectivity index (χ3v) is 5.65. The van der Waals surface area contributed by atoms with Crippen LogP contribution in [0.15, 0.2) is 66.7 Å². The summed E-state index contributed by atoms with van der Waals surface area (Å²) in [5.41, 5.74) is 5.46. The van der Waals surface area contributed by atoms with E-state index in [4.69, 9.17) is 24.4 Å². The Morgan fingerprint density at radius 1 is 0.579 bits per heavy atom. The first kappa shape index (κ1) is 33.9. The van der Waals surface area contributed by atoms with Crippen molar-refractivity contribution in [1.82, 2.24) is 24.1 Å². The third kappa shape index (κ3) is 7.10. The van der Waals surface area contributed by atoms with Crippen LogP contribution in [0.4, 0.5) is 0 Å². The van der Waals surface area contributed by atoms with Gasteiger partial charge in [-0.2, -0.15) is 0 Å². The van der Waals surface area contributed by atoms with Gasteiger partial charge < -0.3 is 46.7 Å². The van der Waals surface area contributed by atoms with Gasteiger partial charge in [-0.25, -0.2) is 15.0 Å². The minimum atomic E-state index is 0. The molecule has 0 bridgehead atoms. The fourth-order valence-electron chi connectivity index (χ4n) is 4.09. The minimum absolute atomic E-state index is 0. The number of ether oxygens (including phenoxy) is 2. The number of pyridine rings is 1. The first-order chi connectivity index (χ1) is 16.8. The standard InChI is InChI=1S/C27H29N5O2.3ClH.V/c1-3-16-33-18-31-24-14-7-5-10-20(24)29-26(31)22-12-9-13-23(28-22)27-30-21-11-6-8-15-25(21)32(27)19-34-17-4-2;;;;/h5-15H,3-4,16-19H2,1-2H3;3*1H;/q;;;;+3/p-3. The molecule has 0 unspecified atom stereocenters. The van der Waals surface area contributed by atoms with Gasteiger partial charge in [0, 0.05) is 13.2 Å². The first-order valence-corrected chi connectivity index (χ1v) is 11.8. The van der Waals surface area contributed by atoms with E-state index < -0.39 is 0 Å². The van der Waals surface area contributed by atoms with Gasteiger partial charge in [0.2, 0.25) is 0 Å². The average molecular weight is 613 g/mol. The molecule has 0 amide bonds. The zero-order valence-electron chi connectivity index (χ0n) is 21.2. The maximum Gasteiger partial charge on any atom is 3.00 e. The van der Waals surface area contributed by atoms with E-state index in [1.54, 1.807) is 0 Å². The van der Waals surface area contributed by atoms with Crippen LogP contribution in [-0.2, 0) is 41.5 Å². The molecule has 38 heavy (non-hydrogen) atoms. The molecule has 2 aromatic carbocycles. The van der Waals surface area contributed by atoms with Crippen LogP contribution in [0.5, 0.6) is 0 Å². The summed E-state index contributed by atoms with van der Waals surface area (Å²) in [6, 6.07) is 22.2. The van der Waals surface area contributed by atoms with Crippen molar-refractivity contribution in [3.8, 4) is 23.0 Å². The van der Waals surface area contributed by atoms with Gasteiger partial charge in [-0.1, -0.05) is 44.2 Å². The average Bonchev–Trinajstić information content (AvgIpc) is 3.43. The van der Waals surface area contributed by atoms with Crippen molar-refractivity contribution in [2.45, 2.75) is 40.2 Å². The van der Waals surface area contributed by atoms with E-state index in [1.807, 2.05) is 54.6 Å². The van der Waals surface area contributed by atoms with Gasteiger partial charge in [0.1, 0.15) is 24.8 Å². The number of halogens is 3. The van der Waals surface area contributed by atoms with Gasteiger partial charge in [0.25, 0.3) is 0 Å². The van der Waals surface area contributed by atoms with Gasteiger partial charge in [0.05, 0.1) is 22.1 Å². The van der Waals surface area contributed by atoms with Crippen molar-refractivity contribution in [3.63, 3.8) is 0 Å². The summed E-state index contributed by atoms with van der Waals surface area (Å²) in [6.45, 7) is 6.46. The summed E-state index contributed by atoms with van der Waals surface area (Å²) in [5.74, 6) is 1.56. The maximum absolute atomic E-state index is 5.89. The number of hydrogen-bond acceptors (Lipinski definition) is 5. The normalized spacial score (nSPS) is 10.4. The van der Waals surface area contributed by atoms with Gasteiger partial charge >= 0.3 is 18.6 Å². The zero-order chi connectivity index (χ0) is 23.3. The number of aromatic nitrogens is 5. The van der Waals surface area contributed by atoms with Crippen molar-refractivity contribution in [2.75, 3.05) is 13.2 Å². The van der Waals surface area contributed by atoms with E-state index in [0.717, 1.165) is 57.9 Å². The summed E-state index contributed by atoms with van der Waals surface area (Å²) < 4.78 is 16.0. The van der Waals surface area contributed by atoms with Crippen LogP contribution in [0.1, 0.15) is 26.7 Å². The van der Waals surface area contributed by atoms with Crippen LogP contribution < -0.4 is 37.2 Å². The van der Waals surface area contributed by atoms with Crippen LogP contribution in [0, 0.1) is 0 Å². The van der Waals surface area contributed by atoms with Crippen LogP contribution in [-0.4, -0.2) is 37.3 Å². The number of hydrogen-bond donors (Lipinski definition) is 0. The Hall–Kier alpha value is -2.10. The summed E-state index contributed by atoms with van der Waals surface area (Å²) >= 11 is 0. The molecule has 3 heterocycles. The van der Waals surface area contributed by atoms with E-state index >= 15 is 0 Å². The quantitative estimate of drug-likeness (QED) is 0.156. The van der Waals surface area contributed by atoms with Gasteiger partial charge in [-0.05, 0) is 49.2 Å². The van der Waals surface area contributed by atoms with Gasteiger partial charge in [-0.3, -0.25) is 9.13 Å². The molecule has 0 fully saturated rings. The number of rotatable bonds is 10. The molecule has 5 rings (SSSR count). The molecule has 0 radical (unpaired) electrons. The SMILES string of the molecule is CCCOCn1c(-c2cccc(-c3nc4ccccc4n3COCCC)n2)nc2ccccc21.[Cl-].[Cl-].[Cl-].[V+3]. The molecule has 0 N–H and O–H groups in total. The topological polar surface area (TPSA) is 67.0 Å². The molecule has 11 heteroatoms. The van der Waals surface area contributed by atoms with Crippen molar-refractivity contribution in [3.05, 3.63) is 66.7 Å². The van der Waals surface area contributed by atoms with E-state index in [0.29, 0.717) is 26.7 Å². The molecule has 0 aliphatic rings. The second-order valence-electron chi connectivity index (χ2n) is 8.19. The van der Waals surface area contributed by atoms with Crippen LogP contribution >= 0.6 is 0 Å². The van der Waals surface area contributed by atoms with E-state index in [1.165, 1.54) is 0 Å². The van der Waals surface area contributed by atoms with E-state index in [-0.39, 0.29) is 55.8 Å². The summed E-state index contributed by atoms with van der Waals surface area (Å²) in [6.07, 6.45) is 1.93. The number of para-hydroxylation sites is 4. The monoisotopic (exact) mass is 611 g/mol. The molecule has 0 aliphatic carbocycles. The number of nitrogens with zero attached hydrogens (tertiary/aromatic N) is 5. The molecule has 200 valence electrons. The fourth-order valence-corrected chi connectivity index (χ4v) is 4.09. The Balaban J connectivity index is 0.00000180. The summed E-state index contributed by atoms with van der Waals surface area (Å²) in [7, 11) is 0. The molecule has 3 aromatic heterocycles. The Morgan fingerprint density at radius 2 is 1.00 bits per heavy atom. The second kappa shape index (κ2) is 16.1. The molecule has 0 atom stereocenters. The smallest absolute Gasteiger partial charge is 1.00 e. The molecule has 0 saturated heterocycles. The minimum Gasteiger partial charge on any atom is -1.00 e. The van der Waals surface area contributed by atoms with Gasteiger partial charge in [-0.15, -0.1) is 0 Å². The Morgan fingerprint density at radius 3 is 1.42 bits per heavy atom. The molecule has 0 spiro atoms. The molecule has 0 aliphatic heterocycles. The van der Waals surface area contributed by atoms with Gasteiger partial charge in [0.15, 0.2) is 11.6 Å². The van der Waals surface area contributed by atoms with Crippen molar-refractivity contribution in [2.24, 2.45) is 0 Å². The van der Waals surface area contributed by atoms with Crippen LogP contribution in [0.2, 0.25) is 0 Å². The largest absolute Gasteiger partial charge is 3.00 e. The summed E-state index contributed by atoms with van der Waals surface area (Å²) in [4.78, 5) is 14.8. The summed E-state index contributed by atoms with van der Waals surface area (Å²) in [5, 5.41) is 0. The molecule has 0 saturated carbocycles. The number of imidazole rings is 2. The van der Waals surface area contributed by atoms with Crippen LogP contribution in [0.3, 0.4) is 0 Å². The predicted octanol–water partition coefficient (Wildman–Crippen LogP) is -3.11. The Labute approximate surface area is 253 Å². The van der Waals surface area contributed by atoms with Crippen molar-refractivity contribution >= 4 is 22.1 Å². The second-order valence-corrected chi connectivity index (χ2v) is 8.19. The predicted molar refractivity (Wildman–Crippen MR) is 134 cm³/mol. The van der Waals surface area contributed by atoms with Crippen molar-refractivity contribution in [1.29, 1.82) is 0 Å². The number of benzene rings is 2. The van der Waals surface area contributed by atoms with E-state index in [2.05, 4.69) is 35.1 Å². The van der Waals surface area contributed by atoms with Crippen molar-refractivity contribution < 1.29 is 65.3 Å². The first-order valence-electron chi connectivity index (χ1n) is 11.8. The molecule has 5 aromatic rings. The number of fused-ring (bicyclic) bond motifs is 2. The van der Waals surface area contributed by atoms with E-state index in [9.17, 15) is 0 Å². The third-order valence-electron chi connectivity index (χ3n) is 5.65. The molecular formula is C27H29Cl3N5O2V. The Bertz CT molecular complexity index is 1320. The van der Waals surface area contributed by atoms with Crippen LogP contribution in [0.25, 0.3) is 45.1 Å². The zero-order valence-corrected chi connectivity index (χ0v) is 24.9. The fraction of sp³-hybridized carbons (Fsp3) is 0.296. The maximum atomic E-state index is 5.89. The molecule has 7 nitrogen and oxygen atoms in total. The molecular weight excluding hydrogens is 584 g/mol.